The van der Waals surface area contributed by atoms with Crippen LogP contribution >= 0.6 is 0 Å². The van der Waals surface area contributed by atoms with Crippen LogP contribution in [0.5, 0.6) is 0 Å². The molecule has 0 nitrogen and oxygen atoms in total. The van der Waals surface area contributed by atoms with E-state index in [9.17, 15) is 0 Å². The van der Waals surface area contributed by atoms with Gasteiger partial charge in [0.05, 0.1) is 0 Å². The van der Waals surface area contributed by atoms with E-state index in [0.29, 0.717) is 0 Å². The summed E-state index contributed by atoms with van der Waals surface area (Å²) >= 11 is 0. The lowest BCUT2D eigenvalue weighted by Gasteiger charge is -2.27. The minimum absolute atomic E-state index is 1.01. The Morgan fingerprint density at radius 2 is 1.45 bits per heavy atom. The average molecular weight is 302 g/mol. The van der Waals surface area contributed by atoms with Crippen LogP contribution in [-0.4, -0.2) is 8.07 Å². The standard InChI is InChI=1S/C21H22Si/c1-3-5-6-13-19-22(18-4-2,20-14-9-7-10-15-20)21-16-11-8-12-17-21/h3,6-12,14-17H,13,19H2,1-2H3. The van der Waals surface area contributed by atoms with Crippen molar-refractivity contribution in [1.29, 1.82) is 0 Å². The van der Waals surface area contributed by atoms with Crippen LogP contribution in [0.25, 0.3) is 0 Å². The zero-order chi connectivity index (χ0) is 15.7. The first kappa shape index (κ1) is 16.1. The minimum atomic E-state index is -2.04. The smallest absolute Gasteiger partial charge is 0.130 e. The molecule has 0 saturated carbocycles. The maximum Gasteiger partial charge on any atom is 0.199 e. The van der Waals surface area contributed by atoms with Gasteiger partial charge in [0.25, 0.3) is 0 Å². The van der Waals surface area contributed by atoms with Crippen molar-refractivity contribution >= 4 is 18.4 Å². The van der Waals surface area contributed by atoms with E-state index in [-0.39, 0.29) is 0 Å². The third kappa shape index (κ3) is 3.68. The quantitative estimate of drug-likeness (QED) is 0.446. The predicted molar refractivity (Wildman–Crippen MR) is 99.1 cm³/mol. The largest absolute Gasteiger partial charge is 0.199 e. The summed E-state index contributed by atoms with van der Waals surface area (Å²) in [5.74, 6) is 3.22. The van der Waals surface area contributed by atoms with Crippen LogP contribution in [0.3, 0.4) is 0 Å². The van der Waals surface area contributed by atoms with E-state index >= 15 is 0 Å². The molecule has 0 bridgehead atoms. The fraction of sp³-hybridized carbons (Fsp3) is 0.190. The third-order valence-corrected chi connectivity index (χ3v) is 8.17. The van der Waals surface area contributed by atoms with E-state index in [1.807, 2.05) is 19.9 Å². The van der Waals surface area contributed by atoms with Crippen molar-refractivity contribution < 1.29 is 0 Å². The third-order valence-electron chi connectivity index (χ3n) is 3.82. The van der Waals surface area contributed by atoms with Crippen molar-refractivity contribution in [2.75, 3.05) is 0 Å². The second-order valence-corrected chi connectivity index (χ2v) is 8.93. The van der Waals surface area contributed by atoms with Gasteiger partial charge in [-0.15, -0.1) is 17.2 Å². The molecule has 0 heterocycles. The van der Waals surface area contributed by atoms with Gasteiger partial charge >= 0.3 is 0 Å². The van der Waals surface area contributed by atoms with Gasteiger partial charge in [0.1, 0.15) is 0 Å². The molecule has 0 radical (unpaired) electrons. The summed E-state index contributed by atoms with van der Waals surface area (Å²) in [7, 11) is -2.04. The molecular weight excluding hydrogens is 280 g/mol. The topological polar surface area (TPSA) is 0 Å². The van der Waals surface area contributed by atoms with E-state index in [2.05, 4.69) is 83.9 Å². The summed E-state index contributed by atoms with van der Waals surface area (Å²) in [6.07, 6.45) is 5.10. The molecule has 110 valence electrons. The molecule has 0 unspecified atom stereocenters. The monoisotopic (exact) mass is 302 g/mol. The van der Waals surface area contributed by atoms with Crippen molar-refractivity contribution in [2.24, 2.45) is 0 Å². The highest BCUT2D eigenvalue weighted by molar-refractivity contribution is 7.08. The Morgan fingerprint density at radius 1 is 0.909 bits per heavy atom. The second kappa shape index (κ2) is 8.25. The molecule has 2 aromatic rings. The fourth-order valence-electron chi connectivity index (χ4n) is 2.81. The van der Waals surface area contributed by atoms with Gasteiger partial charge in [0.15, 0.2) is 8.07 Å². The summed E-state index contributed by atoms with van der Waals surface area (Å²) < 4.78 is 0. The van der Waals surface area contributed by atoms with Gasteiger partial charge in [-0.25, -0.2) is 0 Å². The van der Waals surface area contributed by atoms with Gasteiger partial charge in [-0.05, 0) is 48.8 Å². The van der Waals surface area contributed by atoms with Crippen LogP contribution in [0.1, 0.15) is 20.3 Å². The Kier molecular flexibility index (Phi) is 6.04. The first-order chi connectivity index (χ1) is 10.8. The molecule has 0 spiro atoms. The highest BCUT2D eigenvalue weighted by Gasteiger charge is 2.34. The van der Waals surface area contributed by atoms with Gasteiger partial charge in [0.2, 0.25) is 0 Å². The van der Waals surface area contributed by atoms with Crippen LogP contribution in [-0.2, 0) is 0 Å². The van der Waals surface area contributed by atoms with Gasteiger partial charge in [0, 0.05) is 0 Å². The molecule has 1 heteroatoms. The molecule has 0 amide bonds. The highest BCUT2D eigenvalue weighted by Crippen LogP contribution is 2.14. The van der Waals surface area contributed by atoms with Gasteiger partial charge in [-0.2, -0.15) is 0 Å². The van der Waals surface area contributed by atoms with Crippen LogP contribution in [0.15, 0.2) is 78.5 Å². The van der Waals surface area contributed by atoms with Crippen LogP contribution in [0.2, 0.25) is 6.04 Å². The Labute approximate surface area is 135 Å². The van der Waals surface area contributed by atoms with E-state index < -0.39 is 8.07 Å². The Hall–Kier alpha value is -2.26. The molecule has 2 aromatic carbocycles. The number of benzene rings is 2. The zero-order valence-corrected chi connectivity index (χ0v) is 14.3. The maximum absolute atomic E-state index is 3.64. The Balaban J connectivity index is 2.54. The Bertz CT molecular complexity index is 656. The van der Waals surface area contributed by atoms with Crippen molar-refractivity contribution in [3.63, 3.8) is 0 Å². The Morgan fingerprint density at radius 3 is 1.91 bits per heavy atom. The van der Waals surface area contributed by atoms with Gasteiger partial charge in [-0.3, -0.25) is 0 Å². The lowest BCUT2D eigenvalue weighted by molar-refractivity contribution is 1.19. The number of hydrogen-bond donors (Lipinski definition) is 0. The van der Waals surface area contributed by atoms with Crippen LogP contribution in [0, 0.1) is 11.5 Å². The van der Waals surface area contributed by atoms with E-state index in [0.717, 1.165) is 12.5 Å². The lowest BCUT2D eigenvalue weighted by Crippen LogP contribution is -2.57. The number of hydrogen-bond acceptors (Lipinski definition) is 0. The molecule has 0 aliphatic heterocycles. The van der Waals surface area contributed by atoms with Gasteiger partial charge in [-0.1, -0.05) is 60.7 Å². The summed E-state index contributed by atoms with van der Waals surface area (Å²) in [6.45, 7) is 3.96. The zero-order valence-electron chi connectivity index (χ0n) is 13.3. The summed E-state index contributed by atoms with van der Waals surface area (Å²) in [5, 5.41) is 2.79. The summed E-state index contributed by atoms with van der Waals surface area (Å²) in [6, 6.07) is 22.7. The minimum Gasteiger partial charge on any atom is -0.130 e. The normalized spacial score (nSPS) is 10.1. The molecule has 0 aliphatic rings. The number of allylic oxidation sites excluding steroid dienone is 1. The van der Waals surface area contributed by atoms with E-state index in [1.165, 1.54) is 10.4 Å². The summed E-state index contributed by atoms with van der Waals surface area (Å²) in [4.78, 5) is 0. The van der Waals surface area contributed by atoms with Crippen LogP contribution in [0.4, 0.5) is 0 Å². The SMILES string of the molecule is CC#C[Si](CCC=C=CC)(c1ccccc1)c1ccccc1. The fourth-order valence-corrected chi connectivity index (χ4v) is 6.66. The molecule has 0 aromatic heterocycles. The van der Waals surface area contributed by atoms with Crippen molar-refractivity contribution in [1.82, 2.24) is 0 Å². The molecule has 0 atom stereocenters. The molecule has 0 aliphatic carbocycles. The molecule has 22 heavy (non-hydrogen) atoms. The first-order valence-electron chi connectivity index (χ1n) is 7.74. The average Bonchev–Trinajstić information content (AvgIpc) is 2.59. The lowest BCUT2D eigenvalue weighted by atomic mass is 10.4. The van der Waals surface area contributed by atoms with E-state index in [1.54, 1.807) is 0 Å². The highest BCUT2D eigenvalue weighted by atomic mass is 28.3. The van der Waals surface area contributed by atoms with Crippen LogP contribution < -0.4 is 10.4 Å². The molecule has 0 fully saturated rings. The van der Waals surface area contributed by atoms with Crippen molar-refractivity contribution in [2.45, 2.75) is 26.3 Å². The molecule has 0 N–H and O–H groups in total. The first-order valence-corrected chi connectivity index (χ1v) is 9.94. The van der Waals surface area contributed by atoms with E-state index in [4.69, 9.17) is 0 Å². The molecule has 2 rings (SSSR count). The predicted octanol–water partition coefficient (Wildman–Crippen LogP) is 3.93. The molecule has 0 saturated heterocycles. The number of rotatable bonds is 5. The van der Waals surface area contributed by atoms with Gasteiger partial charge < -0.3 is 0 Å². The van der Waals surface area contributed by atoms with Crippen molar-refractivity contribution in [3.05, 3.63) is 78.5 Å². The maximum atomic E-state index is 3.64. The second-order valence-electron chi connectivity index (χ2n) is 5.21. The van der Waals surface area contributed by atoms with Crippen molar-refractivity contribution in [3.8, 4) is 11.5 Å². The summed E-state index contributed by atoms with van der Waals surface area (Å²) in [5.41, 5.74) is 6.83. The molecular formula is C21H22Si.